The number of fused-ring (bicyclic) bond motifs is 1. The average Bonchev–Trinajstić information content (AvgIpc) is 3.22. The van der Waals surface area contributed by atoms with Crippen LogP contribution in [0.25, 0.3) is 0 Å². The molecule has 6 heteroatoms. The molecule has 1 saturated heterocycles. The highest BCUT2D eigenvalue weighted by atomic mass is 79.9. The van der Waals surface area contributed by atoms with Crippen LogP contribution in [-0.4, -0.2) is 36.4 Å². The lowest BCUT2D eigenvalue weighted by Crippen LogP contribution is -2.40. The van der Waals surface area contributed by atoms with Gasteiger partial charge in [0.1, 0.15) is 5.75 Å². The van der Waals surface area contributed by atoms with Crippen LogP contribution in [0, 0.1) is 0 Å². The summed E-state index contributed by atoms with van der Waals surface area (Å²) < 4.78 is 6.20. The van der Waals surface area contributed by atoms with Gasteiger partial charge in [-0.2, -0.15) is 0 Å². The number of rotatable bonds is 5. The molecule has 2 aliphatic rings. The van der Waals surface area contributed by atoms with Gasteiger partial charge in [0, 0.05) is 17.1 Å². The van der Waals surface area contributed by atoms with E-state index in [1.54, 1.807) is 11.0 Å². The number of ketones is 1. The van der Waals surface area contributed by atoms with Crippen molar-refractivity contribution in [2.45, 2.75) is 25.8 Å². The summed E-state index contributed by atoms with van der Waals surface area (Å²) in [6, 6.07) is 13.9. The van der Waals surface area contributed by atoms with Gasteiger partial charge in [-0.1, -0.05) is 18.2 Å². The Hall–Kier alpha value is -2.18. The maximum atomic E-state index is 12.6. The highest BCUT2D eigenvalue weighted by Gasteiger charge is 2.39. The summed E-state index contributed by atoms with van der Waals surface area (Å²) in [5.41, 5.74) is 2.37. The van der Waals surface area contributed by atoms with Crippen LogP contribution in [0.2, 0.25) is 0 Å². The standard InChI is InChI=1S/C21H21BrN2O3/c1-2-27-15-10-8-14(9-11-15)17-7-4-12-23(17)13-24-18-6-3-5-16(22)19(18)20(25)21(24)26/h3,5-6,8-11,17H,2,4,7,12-13H2,1H3. The van der Waals surface area contributed by atoms with Crippen molar-refractivity contribution in [3.05, 3.63) is 58.1 Å². The summed E-state index contributed by atoms with van der Waals surface area (Å²) >= 11 is 3.40. The Bertz CT molecular complexity index is 881. The van der Waals surface area contributed by atoms with Crippen LogP contribution in [-0.2, 0) is 4.79 Å². The number of hydrogen-bond donors (Lipinski definition) is 0. The number of benzene rings is 2. The Morgan fingerprint density at radius 1 is 1.15 bits per heavy atom. The van der Waals surface area contributed by atoms with Crippen molar-refractivity contribution in [2.24, 2.45) is 0 Å². The third-order valence-corrected chi connectivity index (χ3v) is 5.87. The first-order valence-electron chi connectivity index (χ1n) is 9.21. The Morgan fingerprint density at radius 2 is 1.93 bits per heavy atom. The molecule has 140 valence electrons. The number of likely N-dealkylation sites (tertiary alicyclic amines) is 1. The molecule has 1 atom stereocenters. The van der Waals surface area contributed by atoms with Gasteiger partial charge < -0.3 is 4.74 Å². The second-order valence-corrected chi connectivity index (χ2v) is 7.66. The van der Waals surface area contributed by atoms with Gasteiger partial charge >= 0.3 is 5.91 Å². The minimum Gasteiger partial charge on any atom is -0.494 e. The van der Waals surface area contributed by atoms with Gasteiger partial charge in [-0.3, -0.25) is 19.4 Å². The van der Waals surface area contributed by atoms with Gasteiger partial charge in [0.25, 0.3) is 5.78 Å². The molecule has 0 saturated carbocycles. The van der Waals surface area contributed by atoms with Gasteiger partial charge in [-0.15, -0.1) is 0 Å². The van der Waals surface area contributed by atoms with E-state index in [1.807, 2.05) is 31.2 Å². The van der Waals surface area contributed by atoms with E-state index in [0.29, 0.717) is 29.0 Å². The fourth-order valence-corrected chi connectivity index (χ4v) is 4.48. The number of amides is 1. The molecule has 2 aromatic rings. The number of Topliss-reactive ketones (excluding diaryl/α,β-unsaturated/α-hetero) is 1. The zero-order chi connectivity index (χ0) is 19.0. The first kappa shape index (κ1) is 18.2. The van der Waals surface area contributed by atoms with Crippen LogP contribution in [0.5, 0.6) is 5.75 Å². The lowest BCUT2D eigenvalue weighted by atomic mass is 10.0. The minimum atomic E-state index is -0.450. The van der Waals surface area contributed by atoms with E-state index in [4.69, 9.17) is 4.74 Å². The zero-order valence-corrected chi connectivity index (χ0v) is 16.7. The van der Waals surface area contributed by atoms with E-state index in [0.717, 1.165) is 25.1 Å². The summed E-state index contributed by atoms with van der Waals surface area (Å²) in [7, 11) is 0. The Morgan fingerprint density at radius 3 is 2.67 bits per heavy atom. The molecule has 0 radical (unpaired) electrons. The lowest BCUT2D eigenvalue weighted by molar-refractivity contribution is -0.114. The van der Waals surface area contributed by atoms with E-state index in [9.17, 15) is 9.59 Å². The molecule has 0 spiro atoms. The number of hydrogen-bond acceptors (Lipinski definition) is 4. The fraction of sp³-hybridized carbons (Fsp3) is 0.333. The Balaban J connectivity index is 1.56. The quantitative estimate of drug-likeness (QED) is 0.670. The van der Waals surface area contributed by atoms with Crippen LogP contribution < -0.4 is 9.64 Å². The number of carbonyl (C=O) groups excluding carboxylic acids is 2. The molecule has 5 nitrogen and oxygen atoms in total. The van der Waals surface area contributed by atoms with Gasteiger partial charge in [0.15, 0.2) is 0 Å². The molecule has 1 unspecified atom stereocenters. The number of nitrogens with zero attached hydrogens (tertiary/aromatic N) is 2. The van der Waals surface area contributed by atoms with Gasteiger partial charge in [0.2, 0.25) is 0 Å². The van der Waals surface area contributed by atoms with E-state index in [-0.39, 0.29) is 6.04 Å². The first-order valence-corrected chi connectivity index (χ1v) is 10.0. The maximum Gasteiger partial charge on any atom is 0.300 e. The molecule has 4 rings (SSSR count). The molecule has 2 aromatic carbocycles. The second kappa shape index (κ2) is 7.44. The molecule has 2 heterocycles. The number of anilines is 1. The molecule has 0 aromatic heterocycles. The number of halogens is 1. The predicted molar refractivity (Wildman–Crippen MR) is 107 cm³/mol. The van der Waals surface area contributed by atoms with Crippen LogP contribution in [0.15, 0.2) is 46.9 Å². The van der Waals surface area contributed by atoms with Crippen molar-refractivity contribution >= 4 is 33.3 Å². The highest BCUT2D eigenvalue weighted by molar-refractivity contribution is 9.10. The van der Waals surface area contributed by atoms with Gasteiger partial charge in [0.05, 0.1) is 24.5 Å². The summed E-state index contributed by atoms with van der Waals surface area (Å²) in [4.78, 5) is 28.9. The smallest absolute Gasteiger partial charge is 0.300 e. The van der Waals surface area contributed by atoms with Gasteiger partial charge in [-0.25, -0.2) is 0 Å². The lowest BCUT2D eigenvalue weighted by Gasteiger charge is -2.29. The Kier molecular flexibility index (Phi) is 5.02. The topological polar surface area (TPSA) is 49.9 Å². The van der Waals surface area contributed by atoms with Crippen molar-refractivity contribution in [2.75, 3.05) is 24.7 Å². The highest BCUT2D eigenvalue weighted by Crippen LogP contribution is 2.37. The summed E-state index contributed by atoms with van der Waals surface area (Å²) in [5.74, 6) is -0.0200. The Labute approximate surface area is 167 Å². The number of carbonyl (C=O) groups is 2. The molecular formula is C21H21BrN2O3. The van der Waals surface area contributed by atoms with E-state index in [2.05, 4.69) is 33.0 Å². The van der Waals surface area contributed by atoms with Crippen molar-refractivity contribution in [1.29, 1.82) is 0 Å². The van der Waals surface area contributed by atoms with Crippen molar-refractivity contribution in [1.82, 2.24) is 4.90 Å². The van der Waals surface area contributed by atoms with E-state index < -0.39 is 11.7 Å². The second-order valence-electron chi connectivity index (χ2n) is 6.81. The molecule has 0 N–H and O–H groups in total. The monoisotopic (exact) mass is 428 g/mol. The van der Waals surface area contributed by atoms with E-state index in [1.165, 1.54) is 5.56 Å². The molecule has 1 amide bonds. The molecule has 0 aliphatic carbocycles. The third kappa shape index (κ3) is 3.28. The van der Waals surface area contributed by atoms with Crippen LogP contribution >= 0.6 is 15.9 Å². The molecular weight excluding hydrogens is 408 g/mol. The first-order chi connectivity index (χ1) is 13.1. The SMILES string of the molecule is CCOc1ccc(C2CCCN2CN2C(=O)C(=O)c3c(Br)cccc32)cc1. The van der Waals surface area contributed by atoms with Crippen molar-refractivity contribution in [3.8, 4) is 5.75 Å². The van der Waals surface area contributed by atoms with Crippen LogP contribution in [0.3, 0.4) is 0 Å². The normalized spacial score (nSPS) is 19.6. The average molecular weight is 429 g/mol. The van der Waals surface area contributed by atoms with Gasteiger partial charge in [-0.05, 0) is 65.5 Å². The summed E-state index contributed by atoms with van der Waals surface area (Å²) in [6.07, 6.45) is 2.11. The molecule has 1 fully saturated rings. The maximum absolute atomic E-state index is 12.6. The van der Waals surface area contributed by atoms with Crippen molar-refractivity contribution < 1.29 is 14.3 Å². The zero-order valence-electron chi connectivity index (χ0n) is 15.2. The predicted octanol–water partition coefficient (Wildman–Crippen LogP) is 4.17. The van der Waals surface area contributed by atoms with Crippen molar-refractivity contribution in [3.63, 3.8) is 0 Å². The third-order valence-electron chi connectivity index (χ3n) is 5.21. The summed E-state index contributed by atoms with van der Waals surface area (Å²) in [6.45, 7) is 3.94. The molecule has 0 bridgehead atoms. The largest absolute Gasteiger partial charge is 0.494 e. The molecule has 27 heavy (non-hydrogen) atoms. The minimum absolute atomic E-state index is 0.236. The fourth-order valence-electron chi connectivity index (χ4n) is 3.95. The van der Waals surface area contributed by atoms with E-state index >= 15 is 0 Å². The summed E-state index contributed by atoms with van der Waals surface area (Å²) in [5, 5.41) is 0. The van der Waals surface area contributed by atoms with Crippen LogP contribution in [0.4, 0.5) is 5.69 Å². The van der Waals surface area contributed by atoms with Crippen LogP contribution in [0.1, 0.15) is 41.7 Å². The molecule has 2 aliphatic heterocycles. The number of ether oxygens (including phenoxy) is 1.